The molecule has 1 fully saturated rings. The quantitative estimate of drug-likeness (QED) is 0.627. The van der Waals surface area contributed by atoms with Gasteiger partial charge in [0, 0.05) is 36.7 Å². The third kappa shape index (κ3) is 4.09. The third-order valence-corrected chi connectivity index (χ3v) is 7.04. The van der Waals surface area contributed by atoms with E-state index in [2.05, 4.69) is 10.3 Å². The molecular weight excluding hydrogens is 409 g/mol. The van der Waals surface area contributed by atoms with Crippen molar-refractivity contribution in [2.75, 3.05) is 32.8 Å². The Bertz CT molecular complexity index is 1170. The van der Waals surface area contributed by atoms with Crippen LogP contribution in [-0.2, 0) is 21.2 Å². The van der Waals surface area contributed by atoms with Crippen LogP contribution >= 0.6 is 0 Å². The van der Waals surface area contributed by atoms with E-state index in [1.54, 1.807) is 0 Å². The maximum atomic E-state index is 14.3. The molecule has 30 heavy (non-hydrogen) atoms. The number of hydrogen-bond donors (Lipinski definition) is 2. The lowest BCUT2D eigenvalue weighted by molar-refractivity contribution is 0.0730. The molecule has 0 aliphatic carbocycles. The first-order valence-corrected chi connectivity index (χ1v) is 11.1. The zero-order valence-electron chi connectivity index (χ0n) is 16.2. The number of halogens is 1. The summed E-state index contributed by atoms with van der Waals surface area (Å²) >= 11 is 0. The van der Waals surface area contributed by atoms with E-state index in [0.29, 0.717) is 26.2 Å². The van der Waals surface area contributed by atoms with Crippen LogP contribution in [-0.4, -0.2) is 56.5 Å². The number of carbonyl (C=O) groups is 1. The molecule has 1 aliphatic rings. The number of ether oxygens (including phenoxy) is 1. The molecule has 1 saturated heterocycles. The van der Waals surface area contributed by atoms with Crippen LogP contribution in [0.25, 0.3) is 10.9 Å². The van der Waals surface area contributed by atoms with E-state index in [4.69, 9.17) is 4.74 Å². The highest BCUT2D eigenvalue weighted by molar-refractivity contribution is 7.89. The normalized spacial score (nSPS) is 15.4. The molecule has 1 amide bonds. The lowest BCUT2D eigenvalue weighted by Gasteiger charge is -2.26. The van der Waals surface area contributed by atoms with Crippen LogP contribution in [0.3, 0.4) is 0 Å². The molecule has 0 saturated carbocycles. The summed E-state index contributed by atoms with van der Waals surface area (Å²) < 4.78 is 46.3. The fourth-order valence-electron chi connectivity index (χ4n) is 3.52. The molecule has 0 unspecified atom stereocenters. The average molecular weight is 431 g/mol. The topological polar surface area (TPSA) is 91.5 Å². The number of rotatable bonds is 6. The molecule has 1 aliphatic heterocycles. The van der Waals surface area contributed by atoms with E-state index >= 15 is 0 Å². The summed E-state index contributed by atoms with van der Waals surface area (Å²) in [5, 5.41) is 3.75. The van der Waals surface area contributed by atoms with Gasteiger partial charge in [-0.1, -0.05) is 18.2 Å². The highest BCUT2D eigenvalue weighted by atomic mass is 32.2. The zero-order chi connectivity index (χ0) is 21.1. The van der Waals surface area contributed by atoms with E-state index in [1.807, 2.05) is 30.5 Å². The Morgan fingerprint density at radius 3 is 2.73 bits per heavy atom. The number of carbonyl (C=O) groups excluding carboxylic acids is 1. The molecule has 3 aromatic rings. The van der Waals surface area contributed by atoms with Crippen LogP contribution < -0.4 is 5.32 Å². The third-order valence-electron chi connectivity index (χ3n) is 5.15. The smallest absolute Gasteiger partial charge is 0.254 e. The van der Waals surface area contributed by atoms with Crippen molar-refractivity contribution in [3.63, 3.8) is 0 Å². The largest absolute Gasteiger partial charge is 0.379 e. The van der Waals surface area contributed by atoms with Gasteiger partial charge in [-0.25, -0.2) is 12.8 Å². The predicted octanol–water partition coefficient (Wildman–Crippen LogP) is 2.30. The Morgan fingerprint density at radius 1 is 1.17 bits per heavy atom. The molecule has 158 valence electrons. The van der Waals surface area contributed by atoms with Crippen LogP contribution in [0.4, 0.5) is 4.39 Å². The van der Waals surface area contributed by atoms with Crippen LogP contribution in [0.2, 0.25) is 0 Å². The van der Waals surface area contributed by atoms with E-state index < -0.39 is 21.7 Å². The number of aromatic amines is 1. The molecule has 0 bridgehead atoms. The van der Waals surface area contributed by atoms with Crippen molar-refractivity contribution in [2.45, 2.75) is 11.3 Å². The Kier molecular flexibility index (Phi) is 5.85. The lowest BCUT2D eigenvalue weighted by atomic mass is 10.1. The van der Waals surface area contributed by atoms with Crippen LogP contribution in [0.15, 0.2) is 53.6 Å². The number of para-hydroxylation sites is 1. The van der Waals surface area contributed by atoms with E-state index in [0.717, 1.165) is 28.6 Å². The molecule has 0 radical (unpaired) electrons. The van der Waals surface area contributed by atoms with E-state index in [1.165, 1.54) is 10.4 Å². The SMILES string of the molecule is O=C(NCCc1c[nH]c2ccccc12)c1cc(S(=O)(=O)N2CCOCC2)ccc1F. The van der Waals surface area contributed by atoms with Gasteiger partial charge in [0.15, 0.2) is 0 Å². The van der Waals surface area contributed by atoms with Crippen molar-refractivity contribution in [1.82, 2.24) is 14.6 Å². The second kappa shape index (κ2) is 8.55. The van der Waals surface area contributed by atoms with Gasteiger partial charge in [-0.15, -0.1) is 0 Å². The highest BCUT2D eigenvalue weighted by Crippen LogP contribution is 2.21. The van der Waals surface area contributed by atoms with Gasteiger partial charge in [0.1, 0.15) is 5.82 Å². The maximum Gasteiger partial charge on any atom is 0.254 e. The van der Waals surface area contributed by atoms with Gasteiger partial charge >= 0.3 is 0 Å². The number of benzene rings is 2. The number of fused-ring (bicyclic) bond motifs is 1. The van der Waals surface area contributed by atoms with Crippen molar-refractivity contribution in [3.05, 3.63) is 65.6 Å². The minimum atomic E-state index is -3.81. The maximum absolute atomic E-state index is 14.3. The minimum absolute atomic E-state index is 0.104. The standard InChI is InChI=1S/C21H22FN3O4S/c22-19-6-5-16(30(27,28)25-9-11-29-12-10-25)13-18(19)21(26)23-8-7-15-14-24-20-4-2-1-3-17(15)20/h1-6,13-14,24H,7-12H2,(H,23,26). The minimum Gasteiger partial charge on any atom is -0.379 e. The van der Waals surface area contributed by atoms with Crippen LogP contribution in [0.1, 0.15) is 15.9 Å². The molecule has 0 atom stereocenters. The van der Waals surface area contributed by atoms with Gasteiger partial charge in [-0.2, -0.15) is 4.31 Å². The number of hydrogen-bond acceptors (Lipinski definition) is 4. The summed E-state index contributed by atoms with van der Waals surface area (Å²) in [5.74, 6) is -1.41. The first kappa shape index (κ1) is 20.5. The monoisotopic (exact) mass is 431 g/mol. The van der Waals surface area contributed by atoms with Crippen LogP contribution in [0.5, 0.6) is 0 Å². The lowest BCUT2D eigenvalue weighted by Crippen LogP contribution is -2.40. The van der Waals surface area contributed by atoms with Gasteiger partial charge in [0.25, 0.3) is 5.91 Å². The first-order valence-electron chi connectivity index (χ1n) is 9.67. The number of aromatic nitrogens is 1. The van der Waals surface area contributed by atoms with Crippen molar-refractivity contribution in [1.29, 1.82) is 0 Å². The Balaban J connectivity index is 1.46. The molecule has 2 N–H and O–H groups in total. The van der Waals surface area contributed by atoms with E-state index in [-0.39, 0.29) is 23.5 Å². The molecule has 4 rings (SSSR count). The molecular formula is C21H22FN3O4S. The number of sulfonamides is 1. The summed E-state index contributed by atoms with van der Waals surface area (Å²) in [7, 11) is -3.81. The highest BCUT2D eigenvalue weighted by Gasteiger charge is 2.27. The number of nitrogens with one attached hydrogen (secondary N) is 2. The Labute approximate surface area is 173 Å². The number of nitrogens with zero attached hydrogens (tertiary/aromatic N) is 1. The van der Waals surface area contributed by atoms with Crippen molar-refractivity contribution >= 4 is 26.8 Å². The van der Waals surface area contributed by atoms with Crippen LogP contribution in [0, 0.1) is 5.82 Å². The number of amides is 1. The predicted molar refractivity (Wildman–Crippen MR) is 110 cm³/mol. The van der Waals surface area contributed by atoms with Crippen molar-refractivity contribution in [2.24, 2.45) is 0 Å². The number of H-pyrrole nitrogens is 1. The van der Waals surface area contributed by atoms with Gasteiger partial charge in [-0.3, -0.25) is 4.79 Å². The van der Waals surface area contributed by atoms with Gasteiger partial charge in [-0.05, 0) is 36.2 Å². The molecule has 9 heteroatoms. The van der Waals surface area contributed by atoms with E-state index in [9.17, 15) is 17.6 Å². The first-order chi connectivity index (χ1) is 14.5. The molecule has 0 spiro atoms. The fourth-order valence-corrected chi connectivity index (χ4v) is 4.95. The summed E-state index contributed by atoms with van der Waals surface area (Å²) in [6, 6.07) is 11.1. The Morgan fingerprint density at radius 2 is 1.93 bits per heavy atom. The number of morpholine rings is 1. The van der Waals surface area contributed by atoms with Crippen molar-refractivity contribution < 1.29 is 22.3 Å². The van der Waals surface area contributed by atoms with Gasteiger partial charge in [0.2, 0.25) is 10.0 Å². The van der Waals surface area contributed by atoms with Gasteiger partial charge in [0.05, 0.1) is 23.7 Å². The summed E-state index contributed by atoms with van der Waals surface area (Å²) in [5.41, 5.74) is 1.75. The summed E-state index contributed by atoms with van der Waals surface area (Å²) in [6.07, 6.45) is 2.44. The zero-order valence-corrected chi connectivity index (χ0v) is 17.0. The summed E-state index contributed by atoms with van der Waals surface area (Å²) in [6.45, 7) is 1.36. The summed E-state index contributed by atoms with van der Waals surface area (Å²) in [4.78, 5) is 15.6. The average Bonchev–Trinajstić information content (AvgIpc) is 3.17. The molecule has 1 aromatic heterocycles. The second-order valence-electron chi connectivity index (χ2n) is 7.02. The Hall–Kier alpha value is -2.75. The van der Waals surface area contributed by atoms with Crippen molar-refractivity contribution in [3.8, 4) is 0 Å². The van der Waals surface area contributed by atoms with Gasteiger partial charge < -0.3 is 15.0 Å². The molecule has 7 nitrogen and oxygen atoms in total. The second-order valence-corrected chi connectivity index (χ2v) is 8.96. The molecule has 2 aromatic carbocycles. The fraction of sp³-hybridized carbons (Fsp3) is 0.286. The molecule has 2 heterocycles.